The summed E-state index contributed by atoms with van der Waals surface area (Å²) < 4.78 is 38.7. The quantitative estimate of drug-likeness (QED) is 0.518. The van der Waals surface area contributed by atoms with Crippen LogP contribution in [0.1, 0.15) is 5.56 Å². The van der Waals surface area contributed by atoms with E-state index >= 15 is 0 Å². The molecule has 29 heavy (non-hydrogen) atoms. The van der Waals surface area contributed by atoms with E-state index in [2.05, 4.69) is 0 Å². The molecule has 1 heterocycles. The highest BCUT2D eigenvalue weighted by Crippen LogP contribution is 2.38. The molecule has 0 radical (unpaired) electrons. The smallest absolute Gasteiger partial charge is 0.324 e. The number of sulfonamides is 1. The topological polar surface area (TPSA) is 72.9 Å². The average Bonchev–Trinajstić information content (AvgIpc) is 2.75. The molecule has 0 fully saturated rings. The van der Waals surface area contributed by atoms with Crippen LogP contribution in [0.25, 0.3) is 0 Å². The van der Waals surface area contributed by atoms with Crippen molar-refractivity contribution in [1.82, 2.24) is 4.31 Å². The van der Waals surface area contributed by atoms with Gasteiger partial charge in [0.2, 0.25) is 10.0 Å². The van der Waals surface area contributed by atoms with E-state index in [9.17, 15) is 13.2 Å². The second kappa shape index (κ2) is 9.17. The molecule has 2 aromatic rings. The van der Waals surface area contributed by atoms with Gasteiger partial charge >= 0.3 is 5.97 Å². The molecule has 0 bridgehead atoms. The number of esters is 1. The zero-order valence-corrected chi connectivity index (χ0v) is 17.9. The van der Waals surface area contributed by atoms with Crippen LogP contribution in [-0.4, -0.2) is 45.0 Å². The van der Waals surface area contributed by atoms with Crippen molar-refractivity contribution in [2.45, 2.75) is 17.4 Å². The summed E-state index contributed by atoms with van der Waals surface area (Å²) in [7, 11) is -2.97. The van der Waals surface area contributed by atoms with Crippen LogP contribution in [0, 0.1) is 0 Å². The molecule has 0 N–H and O–H groups in total. The predicted molar refractivity (Wildman–Crippen MR) is 111 cm³/mol. The Morgan fingerprint density at radius 1 is 1.21 bits per heavy atom. The van der Waals surface area contributed by atoms with Crippen LogP contribution in [0.4, 0.5) is 0 Å². The van der Waals surface area contributed by atoms with Crippen molar-refractivity contribution in [3.05, 3.63) is 70.2 Å². The molecule has 0 unspecified atom stereocenters. The number of carbonyl (C=O) groups is 1. The van der Waals surface area contributed by atoms with Gasteiger partial charge < -0.3 is 9.47 Å². The van der Waals surface area contributed by atoms with Crippen molar-refractivity contribution in [3.8, 4) is 5.75 Å². The molecule has 0 aliphatic carbocycles. The Labute approximate surface area is 179 Å². The van der Waals surface area contributed by atoms with Gasteiger partial charge in [-0.15, -0.1) is 0 Å². The first-order valence-corrected chi connectivity index (χ1v) is 10.9. The zero-order valence-electron chi connectivity index (χ0n) is 15.5. The van der Waals surface area contributed by atoms with Gasteiger partial charge in [0.05, 0.1) is 12.1 Å². The van der Waals surface area contributed by atoms with Gasteiger partial charge in [-0.25, -0.2) is 8.42 Å². The number of carbonyl (C=O) groups excluding carboxylic acids is 1. The SMILES string of the molecule is COC(=O)[C@H](Cc1ccccc1)N1C/C=C\COc2c(Cl)cc(Cl)cc2S1(=O)=O. The minimum Gasteiger partial charge on any atom is -0.487 e. The standard InChI is InChI=1S/C20H19Cl2NO5S/c1-27-20(24)17(11-14-7-3-2-4-8-14)23-9-5-6-10-28-19-16(22)12-15(21)13-18(19)29(23,25)26/h2-8,12-13,17H,9-11H2,1H3/b6-5-/t17-/m0/s1. The molecule has 0 saturated heterocycles. The van der Waals surface area contributed by atoms with E-state index in [4.69, 9.17) is 32.7 Å². The van der Waals surface area contributed by atoms with Crippen LogP contribution in [0.2, 0.25) is 10.0 Å². The van der Waals surface area contributed by atoms with Crippen molar-refractivity contribution in [3.63, 3.8) is 0 Å². The predicted octanol–water partition coefficient (Wildman–Crippen LogP) is 3.72. The monoisotopic (exact) mass is 455 g/mol. The summed E-state index contributed by atoms with van der Waals surface area (Å²) >= 11 is 12.3. The lowest BCUT2D eigenvalue weighted by Gasteiger charge is -2.28. The molecule has 0 aromatic heterocycles. The van der Waals surface area contributed by atoms with Gasteiger partial charge in [-0.05, 0) is 24.1 Å². The Kier molecular flexibility index (Phi) is 6.85. The number of methoxy groups -OCH3 is 1. The highest BCUT2D eigenvalue weighted by Gasteiger charge is 2.38. The van der Waals surface area contributed by atoms with E-state index in [0.717, 1.165) is 9.87 Å². The fourth-order valence-corrected chi connectivity index (χ4v) is 5.42. The van der Waals surface area contributed by atoms with E-state index in [-0.39, 0.29) is 40.3 Å². The molecule has 6 nitrogen and oxygen atoms in total. The van der Waals surface area contributed by atoms with Crippen molar-refractivity contribution in [2.24, 2.45) is 0 Å². The first-order valence-electron chi connectivity index (χ1n) is 8.75. The second-order valence-corrected chi connectivity index (χ2v) is 9.00. The van der Waals surface area contributed by atoms with Crippen LogP contribution in [0.15, 0.2) is 59.5 Å². The lowest BCUT2D eigenvalue weighted by molar-refractivity contribution is -0.145. The normalized spacial score (nSPS) is 18.3. The molecule has 0 saturated carbocycles. The van der Waals surface area contributed by atoms with E-state index in [1.165, 1.54) is 19.2 Å². The maximum Gasteiger partial charge on any atom is 0.324 e. The summed E-state index contributed by atoms with van der Waals surface area (Å²) in [6.45, 7) is 0.0845. The van der Waals surface area contributed by atoms with Crippen molar-refractivity contribution in [2.75, 3.05) is 20.3 Å². The average molecular weight is 456 g/mol. The number of rotatable bonds is 4. The minimum atomic E-state index is -4.20. The van der Waals surface area contributed by atoms with Crippen LogP contribution in [0.5, 0.6) is 5.75 Å². The molecule has 1 aliphatic heterocycles. The highest BCUT2D eigenvalue weighted by atomic mass is 35.5. The molecule has 9 heteroatoms. The summed E-state index contributed by atoms with van der Waals surface area (Å²) in [6, 6.07) is 10.7. The summed E-state index contributed by atoms with van der Waals surface area (Å²) in [6.07, 6.45) is 3.43. The first kappa shape index (κ1) is 21.6. The molecule has 154 valence electrons. The molecule has 1 atom stereocenters. The largest absolute Gasteiger partial charge is 0.487 e. The second-order valence-electron chi connectivity index (χ2n) is 6.30. The van der Waals surface area contributed by atoms with Crippen LogP contribution >= 0.6 is 23.2 Å². The van der Waals surface area contributed by atoms with E-state index < -0.39 is 22.0 Å². The van der Waals surface area contributed by atoms with E-state index in [1.807, 2.05) is 30.3 Å². The molecule has 0 spiro atoms. The number of nitrogens with zero attached hydrogens (tertiary/aromatic N) is 1. The number of fused-ring (bicyclic) bond motifs is 1. The fourth-order valence-electron chi connectivity index (χ4n) is 3.04. The summed E-state index contributed by atoms with van der Waals surface area (Å²) in [5.41, 5.74) is 0.794. The maximum absolute atomic E-state index is 13.6. The van der Waals surface area contributed by atoms with Gasteiger partial charge in [0, 0.05) is 11.6 Å². The first-order chi connectivity index (χ1) is 13.8. The Morgan fingerprint density at radius 2 is 1.93 bits per heavy atom. The zero-order chi connectivity index (χ0) is 21.0. The van der Waals surface area contributed by atoms with Crippen LogP contribution in [-0.2, 0) is 26.0 Å². The lowest BCUT2D eigenvalue weighted by Crippen LogP contribution is -2.47. The Balaban J connectivity index is 2.14. The number of benzene rings is 2. The third-order valence-electron chi connectivity index (χ3n) is 4.43. The van der Waals surface area contributed by atoms with Crippen molar-refractivity contribution >= 4 is 39.2 Å². The Morgan fingerprint density at radius 3 is 2.62 bits per heavy atom. The Bertz CT molecular complexity index is 1020. The van der Waals surface area contributed by atoms with E-state index in [0.29, 0.717) is 0 Å². The summed E-state index contributed by atoms with van der Waals surface area (Å²) in [5.74, 6) is -0.670. The molecular weight excluding hydrogens is 437 g/mol. The van der Waals surface area contributed by atoms with Crippen molar-refractivity contribution < 1.29 is 22.7 Å². The number of halogens is 2. The van der Waals surface area contributed by atoms with Gasteiger partial charge in [-0.3, -0.25) is 4.79 Å². The molecule has 1 aliphatic rings. The van der Waals surface area contributed by atoms with Gasteiger partial charge in [0.25, 0.3) is 0 Å². The molecule has 2 aromatic carbocycles. The Hall–Kier alpha value is -2.06. The van der Waals surface area contributed by atoms with Gasteiger partial charge in [-0.2, -0.15) is 4.31 Å². The number of hydrogen-bond acceptors (Lipinski definition) is 5. The molecule has 3 rings (SSSR count). The number of hydrogen-bond donors (Lipinski definition) is 0. The highest BCUT2D eigenvalue weighted by molar-refractivity contribution is 7.89. The molecule has 0 amide bonds. The van der Waals surface area contributed by atoms with Crippen LogP contribution in [0.3, 0.4) is 0 Å². The summed E-state index contributed by atoms with van der Waals surface area (Å²) in [4.78, 5) is 12.4. The van der Waals surface area contributed by atoms with Crippen LogP contribution < -0.4 is 4.74 Å². The van der Waals surface area contributed by atoms with Gasteiger partial charge in [0.15, 0.2) is 5.75 Å². The fraction of sp³-hybridized carbons (Fsp3) is 0.250. The van der Waals surface area contributed by atoms with Gasteiger partial charge in [0.1, 0.15) is 17.5 Å². The molecular formula is C20H19Cl2NO5S. The lowest BCUT2D eigenvalue weighted by atomic mass is 10.1. The third kappa shape index (κ3) is 4.75. The third-order valence-corrected chi connectivity index (χ3v) is 6.81. The minimum absolute atomic E-state index is 0.00376. The van der Waals surface area contributed by atoms with E-state index in [1.54, 1.807) is 12.2 Å². The van der Waals surface area contributed by atoms with Crippen molar-refractivity contribution in [1.29, 1.82) is 0 Å². The number of ether oxygens (including phenoxy) is 2. The van der Waals surface area contributed by atoms with Gasteiger partial charge in [-0.1, -0.05) is 65.7 Å². The summed E-state index contributed by atoms with van der Waals surface area (Å²) in [5, 5.41) is 0.217. The maximum atomic E-state index is 13.6.